The Hall–Kier alpha value is -2.69. The predicted octanol–water partition coefficient (Wildman–Crippen LogP) is 3.81. The zero-order valence-electron chi connectivity index (χ0n) is 14.1. The first-order chi connectivity index (χ1) is 11.7. The lowest BCUT2D eigenvalue weighted by molar-refractivity contribution is 0.0473. The van der Waals surface area contributed by atoms with Gasteiger partial charge in [0, 0.05) is 12.1 Å². The molecule has 0 heterocycles. The summed E-state index contributed by atoms with van der Waals surface area (Å²) in [6.07, 6.45) is 1.96. The average molecular weight is 329 g/mol. The largest absolute Gasteiger partial charge is 0.493 e. The number of rotatable bonds is 8. The molecule has 0 unspecified atom stereocenters. The van der Waals surface area contributed by atoms with E-state index in [0.29, 0.717) is 23.8 Å². The predicted molar refractivity (Wildman–Crippen MR) is 93.4 cm³/mol. The van der Waals surface area contributed by atoms with E-state index in [2.05, 4.69) is 6.92 Å². The smallest absolute Gasteiger partial charge is 0.340 e. The minimum absolute atomic E-state index is 0.191. The van der Waals surface area contributed by atoms with Crippen LogP contribution in [0.2, 0.25) is 0 Å². The summed E-state index contributed by atoms with van der Waals surface area (Å²) in [5, 5.41) is 0. The third kappa shape index (κ3) is 4.65. The minimum atomic E-state index is -0.491. The second-order valence-electron chi connectivity index (χ2n) is 5.35. The highest BCUT2D eigenvalue weighted by molar-refractivity contribution is 5.96. The summed E-state index contributed by atoms with van der Waals surface area (Å²) in [6.45, 7) is 2.85. The van der Waals surface area contributed by atoms with Crippen LogP contribution < -0.4 is 15.2 Å². The van der Waals surface area contributed by atoms with E-state index in [1.165, 1.54) is 7.11 Å². The summed E-state index contributed by atoms with van der Waals surface area (Å²) in [5.41, 5.74) is 7.47. The van der Waals surface area contributed by atoms with E-state index in [-0.39, 0.29) is 12.2 Å². The van der Waals surface area contributed by atoms with Gasteiger partial charge in [0.1, 0.15) is 6.61 Å². The molecule has 0 spiro atoms. The fraction of sp³-hybridized carbons (Fsp3) is 0.316. The number of methoxy groups -OCH3 is 1. The van der Waals surface area contributed by atoms with Crippen LogP contribution in [0.1, 0.15) is 35.7 Å². The molecule has 0 aliphatic rings. The van der Waals surface area contributed by atoms with Crippen molar-refractivity contribution in [2.45, 2.75) is 26.4 Å². The van der Waals surface area contributed by atoms with Crippen LogP contribution in [0.5, 0.6) is 11.5 Å². The molecule has 0 aliphatic carbocycles. The molecular weight excluding hydrogens is 306 g/mol. The van der Waals surface area contributed by atoms with Gasteiger partial charge >= 0.3 is 5.97 Å². The van der Waals surface area contributed by atoms with Crippen LogP contribution in [0.25, 0.3) is 0 Å². The second kappa shape index (κ2) is 8.82. The fourth-order valence-electron chi connectivity index (χ4n) is 2.15. The Bertz CT molecular complexity index is 671. The summed E-state index contributed by atoms with van der Waals surface area (Å²) in [5.74, 6) is 0.504. The standard InChI is InChI=1S/C19H23NO4/c1-3-4-10-23-18-12-16(20)15(11-17(18)22-2)19(21)24-13-14-8-6-5-7-9-14/h5-9,11-12H,3-4,10,13,20H2,1-2H3. The number of carbonyl (C=O) groups excluding carboxylic acids is 1. The van der Waals surface area contributed by atoms with Crippen LogP contribution >= 0.6 is 0 Å². The summed E-state index contributed by atoms with van der Waals surface area (Å²) >= 11 is 0. The van der Waals surface area contributed by atoms with Gasteiger partial charge in [0.15, 0.2) is 11.5 Å². The van der Waals surface area contributed by atoms with Gasteiger partial charge in [-0.15, -0.1) is 0 Å². The molecule has 0 saturated carbocycles. The van der Waals surface area contributed by atoms with Gasteiger partial charge in [-0.2, -0.15) is 0 Å². The van der Waals surface area contributed by atoms with Crippen LogP contribution in [0.15, 0.2) is 42.5 Å². The number of anilines is 1. The van der Waals surface area contributed by atoms with E-state index in [1.807, 2.05) is 30.3 Å². The summed E-state index contributed by atoms with van der Waals surface area (Å²) in [7, 11) is 1.53. The minimum Gasteiger partial charge on any atom is -0.493 e. The van der Waals surface area contributed by atoms with Crippen molar-refractivity contribution in [1.82, 2.24) is 0 Å². The van der Waals surface area contributed by atoms with E-state index in [0.717, 1.165) is 18.4 Å². The van der Waals surface area contributed by atoms with Gasteiger partial charge < -0.3 is 19.9 Å². The van der Waals surface area contributed by atoms with E-state index in [9.17, 15) is 4.79 Å². The molecule has 2 aromatic carbocycles. The number of benzene rings is 2. The van der Waals surface area contributed by atoms with Gasteiger partial charge in [0.2, 0.25) is 0 Å². The molecule has 0 bridgehead atoms. The van der Waals surface area contributed by atoms with Gasteiger partial charge in [-0.1, -0.05) is 43.7 Å². The van der Waals surface area contributed by atoms with Crippen molar-refractivity contribution in [3.8, 4) is 11.5 Å². The van der Waals surface area contributed by atoms with E-state index < -0.39 is 5.97 Å². The molecule has 24 heavy (non-hydrogen) atoms. The first kappa shape index (κ1) is 17.7. The van der Waals surface area contributed by atoms with Crippen molar-refractivity contribution in [2.24, 2.45) is 0 Å². The number of nitrogens with two attached hydrogens (primary N) is 1. The maximum Gasteiger partial charge on any atom is 0.340 e. The molecule has 0 fully saturated rings. The molecule has 0 amide bonds. The Morgan fingerprint density at radius 1 is 1.12 bits per heavy atom. The van der Waals surface area contributed by atoms with Crippen molar-refractivity contribution in [1.29, 1.82) is 0 Å². The maximum absolute atomic E-state index is 12.3. The monoisotopic (exact) mass is 329 g/mol. The Labute approximate surface area is 142 Å². The van der Waals surface area contributed by atoms with Crippen molar-refractivity contribution >= 4 is 11.7 Å². The Morgan fingerprint density at radius 2 is 1.88 bits per heavy atom. The zero-order valence-corrected chi connectivity index (χ0v) is 14.1. The molecule has 0 aromatic heterocycles. The zero-order chi connectivity index (χ0) is 17.4. The lowest BCUT2D eigenvalue weighted by Gasteiger charge is -2.14. The van der Waals surface area contributed by atoms with Crippen LogP contribution in [-0.4, -0.2) is 19.7 Å². The van der Waals surface area contributed by atoms with Crippen LogP contribution in [-0.2, 0) is 11.3 Å². The highest BCUT2D eigenvalue weighted by Crippen LogP contribution is 2.32. The third-order valence-corrected chi connectivity index (χ3v) is 3.52. The maximum atomic E-state index is 12.3. The summed E-state index contributed by atoms with van der Waals surface area (Å²) < 4.78 is 16.3. The van der Waals surface area contributed by atoms with Crippen molar-refractivity contribution in [3.05, 3.63) is 53.6 Å². The molecule has 128 valence electrons. The number of carbonyl (C=O) groups is 1. The van der Waals surface area contributed by atoms with Crippen LogP contribution in [0.3, 0.4) is 0 Å². The summed E-state index contributed by atoms with van der Waals surface area (Å²) in [4.78, 5) is 12.3. The molecule has 0 saturated heterocycles. The SMILES string of the molecule is CCCCOc1cc(N)c(C(=O)OCc2ccccc2)cc1OC. The molecule has 0 atom stereocenters. The molecule has 2 N–H and O–H groups in total. The molecule has 2 aromatic rings. The molecular formula is C19H23NO4. The van der Waals surface area contributed by atoms with Crippen molar-refractivity contribution in [3.63, 3.8) is 0 Å². The van der Waals surface area contributed by atoms with E-state index in [1.54, 1.807) is 12.1 Å². The second-order valence-corrected chi connectivity index (χ2v) is 5.35. The van der Waals surface area contributed by atoms with Gasteiger partial charge in [0.25, 0.3) is 0 Å². The summed E-state index contributed by atoms with van der Waals surface area (Å²) in [6, 6.07) is 12.6. The Kier molecular flexibility index (Phi) is 6.49. The molecule has 0 aliphatic heterocycles. The van der Waals surface area contributed by atoms with Gasteiger partial charge in [0.05, 0.1) is 25.0 Å². The quantitative estimate of drug-likeness (QED) is 0.453. The van der Waals surface area contributed by atoms with Crippen molar-refractivity contribution < 1.29 is 19.0 Å². The molecule has 0 radical (unpaired) electrons. The number of unbranched alkanes of at least 4 members (excludes halogenated alkanes) is 1. The lowest BCUT2D eigenvalue weighted by atomic mass is 10.1. The normalized spacial score (nSPS) is 10.2. The first-order valence-electron chi connectivity index (χ1n) is 7.97. The van der Waals surface area contributed by atoms with Gasteiger partial charge in [-0.25, -0.2) is 4.79 Å². The first-order valence-corrected chi connectivity index (χ1v) is 7.97. The molecule has 5 nitrogen and oxygen atoms in total. The number of hydrogen-bond acceptors (Lipinski definition) is 5. The number of ether oxygens (including phenoxy) is 3. The average Bonchev–Trinajstić information content (AvgIpc) is 2.61. The van der Waals surface area contributed by atoms with Crippen molar-refractivity contribution in [2.75, 3.05) is 19.5 Å². The number of esters is 1. The van der Waals surface area contributed by atoms with Crippen LogP contribution in [0.4, 0.5) is 5.69 Å². The van der Waals surface area contributed by atoms with Crippen LogP contribution in [0, 0.1) is 0 Å². The molecule has 2 rings (SSSR count). The van der Waals surface area contributed by atoms with Gasteiger partial charge in [-0.05, 0) is 12.0 Å². The highest BCUT2D eigenvalue weighted by Gasteiger charge is 2.17. The molecule has 5 heteroatoms. The van der Waals surface area contributed by atoms with Gasteiger partial charge in [-0.3, -0.25) is 0 Å². The van der Waals surface area contributed by atoms with E-state index >= 15 is 0 Å². The number of nitrogen functional groups attached to an aromatic ring is 1. The Balaban J connectivity index is 2.09. The fourth-order valence-corrected chi connectivity index (χ4v) is 2.15. The topological polar surface area (TPSA) is 70.8 Å². The Morgan fingerprint density at radius 3 is 2.54 bits per heavy atom. The lowest BCUT2D eigenvalue weighted by Crippen LogP contribution is -2.10. The third-order valence-electron chi connectivity index (χ3n) is 3.52. The number of hydrogen-bond donors (Lipinski definition) is 1. The highest BCUT2D eigenvalue weighted by atomic mass is 16.5. The van der Waals surface area contributed by atoms with E-state index in [4.69, 9.17) is 19.9 Å².